The van der Waals surface area contributed by atoms with Crippen molar-refractivity contribution in [2.45, 2.75) is 90.1 Å². The van der Waals surface area contributed by atoms with Crippen molar-refractivity contribution >= 4 is 58.5 Å². The minimum atomic E-state index is -1.93. The third-order valence-corrected chi connectivity index (χ3v) is 11.5. The van der Waals surface area contributed by atoms with E-state index in [0.717, 1.165) is 16.0 Å². The number of nitrogen functional groups attached to an aromatic ring is 1. The molecule has 1 unspecified atom stereocenters. The molecule has 2 aliphatic heterocycles. The number of methoxy groups -OCH3 is 2. The molecule has 0 spiro atoms. The van der Waals surface area contributed by atoms with Crippen LogP contribution in [0.1, 0.15) is 63.4 Å². The number of benzene rings is 2. The number of halogens is 2. The summed E-state index contributed by atoms with van der Waals surface area (Å²) in [4.78, 5) is 57.0. The highest BCUT2D eigenvalue weighted by Gasteiger charge is 2.51. The van der Waals surface area contributed by atoms with Gasteiger partial charge in [0.1, 0.15) is 35.1 Å². The molecular formula is C40H52Cl2N4O10. The van der Waals surface area contributed by atoms with E-state index >= 15 is 0 Å². The van der Waals surface area contributed by atoms with Gasteiger partial charge < -0.3 is 44.7 Å². The second-order valence-corrected chi connectivity index (χ2v) is 15.9. The number of nitrogens with one attached hydrogen (secondary N) is 1. The molecule has 4 bridgehead atoms. The summed E-state index contributed by atoms with van der Waals surface area (Å²) in [5.74, 6) is -2.48. The van der Waals surface area contributed by atoms with Crippen LogP contribution in [0, 0.1) is 11.3 Å². The van der Waals surface area contributed by atoms with Crippen molar-refractivity contribution in [3.63, 3.8) is 0 Å². The van der Waals surface area contributed by atoms with Crippen LogP contribution >= 0.6 is 23.2 Å². The number of nitrogens with zero attached hydrogens (tertiary/aromatic N) is 2. The number of nitrogens with two attached hydrogens (primary N) is 1. The number of hydrogen-bond acceptors (Lipinski definition) is 11. The summed E-state index contributed by atoms with van der Waals surface area (Å²) in [6.07, 6.45) is -0.796. The normalized spacial score (nSPS) is 27.8. The van der Waals surface area contributed by atoms with Gasteiger partial charge in [-0.3, -0.25) is 14.9 Å². The monoisotopic (exact) mass is 818 g/mol. The lowest BCUT2D eigenvalue weighted by molar-refractivity contribution is -0.177. The Hall–Kier alpha value is -4.34. The number of aliphatic hydroxyl groups is 2. The van der Waals surface area contributed by atoms with Gasteiger partial charge in [0.25, 0.3) is 5.91 Å². The Kier molecular flexibility index (Phi) is 14.1. The number of fused-ring (bicyclic) bond motifs is 4. The largest absolute Gasteiger partial charge is 0.495 e. The van der Waals surface area contributed by atoms with Crippen LogP contribution in [0.25, 0.3) is 0 Å². The number of hydrogen-bond donors (Lipinski definition) is 4. The fourth-order valence-corrected chi connectivity index (χ4v) is 7.38. The second-order valence-electron chi connectivity index (χ2n) is 15.1. The maximum atomic E-state index is 14.2. The Morgan fingerprint density at radius 3 is 2.46 bits per heavy atom. The van der Waals surface area contributed by atoms with Gasteiger partial charge in [0.05, 0.1) is 36.0 Å². The van der Waals surface area contributed by atoms with Crippen molar-refractivity contribution < 1.29 is 48.3 Å². The first kappa shape index (κ1) is 44.4. The summed E-state index contributed by atoms with van der Waals surface area (Å²) in [6, 6.07) is 6.69. The molecule has 0 aromatic heterocycles. The summed E-state index contributed by atoms with van der Waals surface area (Å²) in [5, 5.41) is 26.6. The number of anilines is 2. The van der Waals surface area contributed by atoms with Crippen LogP contribution in [-0.2, 0) is 30.2 Å². The Morgan fingerprint density at radius 2 is 1.84 bits per heavy atom. The minimum absolute atomic E-state index is 0.168. The zero-order chi connectivity index (χ0) is 41.9. The zero-order valence-corrected chi connectivity index (χ0v) is 34.6. The van der Waals surface area contributed by atoms with Gasteiger partial charge in [-0.15, -0.1) is 0 Å². The van der Waals surface area contributed by atoms with Gasteiger partial charge in [-0.1, -0.05) is 67.8 Å². The van der Waals surface area contributed by atoms with Gasteiger partial charge in [-0.05, 0) is 56.2 Å². The Balaban J connectivity index is 1.79. The van der Waals surface area contributed by atoms with Crippen LogP contribution in [0.3, 0.4) is 0 Å². The Labute approximate surface area is 337 Å². The van der Waals surface area contributed by atoms with Gasteiger partial charge in [0, 0.05) is 44.5 Å². The van der Waals surface area contributed by atoms with E-state index in [0.29, 0.717) is 17.9 Å². The quantitative estimate of drug-likeness (QED) is 0.219. The molecular weight excluding hydrogens is 767 g/mol. The predicted octanol–water partition coefficient (Wildman–Crippen LogP) is 5.29. The minimum Gasteiger partial charge on any atom is -0.495 e. The highest BCUT2D eigenvalue weighted by atomic mass is 35.5. The smallest absolute Gasteiger partial charge is 0.409 e. The average Bonchev–Trinajstić information content (AvgIpc) is 3.15. The van der Waals surface area contributed by atoms with E-state index in [9.17, 15) is 29.4 Å². The van der Waals surface area contributed by atoms with Crippen LogP contribution < -0.4 is 20.7 Å². The first-order chi connectivity index (χ1) is 26.1. The number of likely N-dealkylation sites (N-methyl/N-ethyl adjacent to an activating group) is 1. The maximum Gasteiger partial charge on any atom is 0.409 e. The van der Waals surface area contributed by atoms with Crippen molar-refractivity contribution in [2.24, 2.45) is 11.3 Å². The van der Waals surface area contributed by atoms with Gasteiger partial charge in [-0.2, -0.15) is 0 Å². The van der Waals surface area contributed by atoms with Crippen molar-refractivity contribution in [3.05, 3.63) is 75.3 Å². The summed E-state index contributed by atoms with van der Waals surface area (Å²) in [7, 11) is 5.80. The van der Waals surface area contributed by atoms with Crippen molar-refractivity contribution in [2.75, 3.05) is 38.9 Å². The molecule has 4 rings (SSSR count). The van der Waals surface area contributed by atoms with E-state index in [4.69, 9.17) is 47.9 Å². The molecule has 3 amide bonds. The third kappa shape index (κ3) is 9.60. The van der Waals surface area contributed by atoms with E-state index < -0.39 is 77.8 Å². The number of carbonyl (C=O) groups is 4. The molecule has 0 saturated carbocycles. The molecule has 14 nitrogen and oxygen atoms in total. The highest BCUT2D eigenvalue weighted by Crippen LogP contribution is 2.41. The van der Waals surface area contributed by atoms with Crippen LogP contribution in [0.4, 0.5) is 16.2 Å². The number of alkyl carbamates (subject to hydrolysis) is 1. The number of rotatable bonds is 6. The summed E-state index contributed by atoms with van der Waals surface area (Å²) in [5.41, 5.74) is 4.91. The molecule has 1 saturated heterocycles. The SMILES string of the molecule is COc1cc2cc(c1Cl)N(C)C(=O)C[C@H](OC(=O)[C@H](C)N(C)C(=O)c1ccc(N)c(Cl)c1)C(C)(C)[C@@H](O)[C@H](C)C1C[C@@](O)(NC(=O)O1)[C@H](OC)/C=C/C=C(\C)C2. The molecule has 2 aromatic carbocycles. The standard InChI is InChI=1S/C40H52Cl2N4O10/c1-21-11-10-12-31(54-9)40(52)20-30(55-38(51)44-40)22(2)35(48)39(4,5)32(19-33(47)46(7)28-16-24(15-21)17-29(53-8)34(28)42)56-37(50)23(3)45(6)36(49)25-13-14-27(43)26(41)18-25/h10-14,16-18,22-23,30-32,35,48,52H,15,19-20,43H2,1-9H3,(H,44,51)/b12-10+,21-11+/t22-,23+,30?,31-,32+,35+,40+/m1/s1. The lowest BCUT2D eigenvalue weighted by atomic mass is 9.72. The topological polar surface area (TPSA) is 190 Å². The molecule has 16 heteroatoms. The third-order valence-electron chi connectivity index (χ3n) is 10.8. The van der Waals surface area contributed by atoms with Gasteiger partial charge in [0.2, 0.25) is 5.91 Å². The van der Waals surface area contributed by atoms with Crippen molar-refractivity contribution in [3.8, 4) is 5.75 Å². The van der Waals surface area contributed by atoms with E-state index in [1.165, 1.54) is 58.3 Å². The molecule has 1 fully saturated rings. The van der Waals surface area contributed by atoms with E-state index in [-0.39, 0.29) is 27.7 Å². The van der Waals surface area contributed by atoms with Gasteiger partial charge in [0.15, 0.2) is 5.72 Å². The molecule has 2 aliphatic rings. The molecule has 5 N–H and O–H groups in total. The van der Waals surface area contributed by atoms with E-state index in [2.05, 4.69) is 5.32 Å². The number of aliphatic hydroxyl groups excluding tert-OH is 1. The number of ether oxygens (including phenoxy) is 4. The fraction of sp³-hybridized carbons (Fsp3) is 0.500. The van der Waals surface area contributed by atoms with Crippen LogP contribution in [0.2, 0.25) is 10.0 Å². The summed E-state index contributed by atoms with van der Waals surface area (Å²) >= 11 is 12.9. The molecule has 56 heavy (non-hydrogen) atoms. The van der Waals surface area contributed by atoms with Crippen LogP contribution in [0.5, 0.6) is 5.75 Å². The molecule has 0 radical (unpaired) electrons. The zero-order valence-electron chi connectivity index (χ0n) is 33.1. The molecule has 2 heterocycles. The Morgan fingerprint density at radius 1 is 1.16 bits per heavy atom. The first-order valence-corrected chi connectivity index (χ1v) is 18.8. The number of carbonyl (C=O) groups excluding carboxylic acids is 4. The first-order valence-electron chi connectivity index (χ1n) is 18.1. The highest BCUT2D eigenvalue weighted by molar-refractivity contribution is 6.35. The predicted molar refractivity (Wildman–Crippen MR) is 213 cm³/mol. The van der Waals surface area contributed by atoms with Crippen LogP contribution in [0.15, 0.2) is 54.1 Å². The number of amides is 3. The lowest BCUT2D eigenvalue weighted by Crippen LogP contribution is -2.64. The fourth-order valence-electron chi connectivity index (χ4n) is 6.89. The Bertz CT molecular complexity index is 1890. The summed E-state index contributed by atoms with van der Waals surface area (Å²) < 4.78 is 22.9. The van der Waals surface area contributed by atoms with Crippen molar-refractivity contribution in [1.82, 2.24) is 10.2 Å². The summed E-state index contributed by atoms with van der Waals surface area (Å²) in [6.45, 7) is 8.20. The number of esters is 1. The second kappa shape index (κ2) is 17.9. The van der Waals surface area contributed by atoms with Crippen molar-refractivity contribution in [1.29, 1.82) is 0 Å². The number of allylic oxidation sites excluding steroid dienone is 3. The van der Waals surface area contributed by atoms with Crippen LogP contribution in [-0.4, -0.2) is 103 Å². The molecule has 2 aromatic rings. The lowest BCUT2D eigenvalue weighted by Gasteiger charge is -2.46. The molecule has 7 atom stereocenters. The van der Waals surface area contributed by atoms with E-state index in [1.807, 2.05) is 13.0 Å². The van der Waals surface area contributed by atoms with E-state index in [1.54, 1.807) is 45.1 Å². The van der Waals surface area contributed by atoms with Gasteiger partial charge >= 0.3 is 12.1 Å². The average molecular weight is 820 g/mol. The maximum absolute atomic E-state index is 14.2. The molecule has 0 aliphatic carbocycles. The van der Waals surface area contributed by atoms with Gasteiger partial charge in [-0.25, -0.2) is 9.59 Å². The molecule has 306 valence electrons.